The van der Waals surface area contributed by atoms with Crippen molar-refractivity contribution >= 4 is 6.21 Å². The highest BCUT2D eigenvalue weighted by Crippen LogP contribution is 2.28. The lowest BCUT2D eigenvalue weighted by molar-refractivity contribution is 0.236. The molecule has 0 aromatic carbocycles. The van der Waals surface area contributed by atoms with Gasteiger partial charge in [-0.25, -0.2) is 0 Å². The fourth-order valence-corrected chi connectivity index (χ4v) is 1.03. The maximum atomic E-state index is 4.29. The number of aliphatic imine (C=N–C) groups is 1. The highest BCUT2D eigenvalue weighted by Gasteiger charge is 2.23. The molecule has 0 bridgehead atoms. The smallest absolute Gasteiger partial charge is 0.0438 e. The minimum atomic E-state index is 0.362. The Hall–Kier alpha value is -0.330. The van der Waals surface area contributed by atoms with Crippen molar-refractivity contribution in [3.8, 4) is 0 Å². The van der Waals surface area contributed by atoms with Gasteiger partial charge in [0.15, 0.2) is 0 Å². The second-order valence-corrected chi connectivity index (χ2v) is 3.90. The second kappa shape index (κ2) is 4.53. The van der Waals surface area contributed by atoms with E-state index in [0.29, 0.717) is 5.41 Å². The predicted octanol–water partition coefficient (Wildman–Crippen LogP) is 3.15. The summed E-state index contributed by atoms with van der Waals surface area (Å²) < 4.78 is 0. The molecule has 0 aromatic heterocycles. The van der Waals surface area contributed by atoms with Crippen molar-refractivity contribution in [2.45, 2.75) is 41.0 Å². The van der Waals surface area contributed by atoms with Gasteiger partial charge in [0.05, 0.1) is 0 Å². The minimum Gasteiger partial charge on any atom is -0.297 e. The Morgan fingerprint density at radius 1 is 1.45 bits per heavy atom. The molecule has 0 amide bonds. The zero-order valence-corrected chi connectivity index (χ0v) is 8.52. The molecule has 0 saturated carbocycles. The molecule has 0 N–H and O–H groups in total. The van der Waals surface area contributed by atoms with Crippen LogP contribution in [0.25, 0.3) is 0 Å². The summed E-state index contributed by atoms with van der Waals surface area (Å²) in [5.74, 6) is 0.756. The zero-order chi connectivity index (χ0) is 8.91. The van der Waals surface area contributed by atoms with Crippen LogP contribution in [0.3, 0.4) is 0 Å². The average Bonchev–Trinajstić information content (AvgIpc) is 1.99. The molecule has 0 fully saturated rings. The zero-order valence-electron chi connectivity index (χ0n) is 8.52. The lowest BCUT2D eigenvalue weighted by Gasteiger charge is -2.29. The van der Waals surface area contributed by atoms with Crippen LogP contribution in [-0.4, -0.2) is 12.8 Å². The molecule has 0 aliphatic rings. The summed E-state index contributed by atoms with van der Waals surface area (Å²) >= 11 is 0. The van der Waals surface area contributed by atoms with Gasteiger partial charge in [-0.15, -0.1) is 0 Å². The van der Waals surface area contributed by atoms with Crippen LogP contribution in [0.4, 0.5) is 0 Å². The van der Waals surface area contributed by atoms with E-state index < -0.39 is 0 Å². The second-order valence-electron chi connectivity index (χ2n) is 3.90. The summed E-state index contributed by atoms with van der Waals surface area (Å²) in [4.78, 5) is 4.29. The van der Waals surface area contributed by atoms with Crippen molar-refractivity contribution in [2.24, 2.45) is 16.3 Å². The van der Waals surface area contributed by atoms with Gasteiger partial charge in [-0.2, -0.15) is 0 Å². The summed E-state index contributed by atoms with van der Waals surface area (Å²) in [6, 6.07) is 0. The quantitative estimate of drug-likeness (QED) is 0.553. The third kappa shape index (κ3) is 3.54. The monoisotopic (exact) mass is 155 g/mol. The van der Waals surface area contributed by atoms with Crippen LogP contribution in [0.15, 0.2) is 4.99 Å². The van der Waals surface area contributed by atoms with Gasteiger partial charge in [-0.05, 0) is 24.5 Å². The van der Waals surface area contributed by atoms with E-state index in [1.807, 2.05) is 13.1 Å². The van der Waals surface area contributed by atoms with Gasteiger partial charge in [0.2, 0.25) is 0 Å². The van der Waals surface area contributed by atoms with Gasteiger partial charge in [-0.3, -0.25) is 4.99 Å². The van der Waals surface area contributed by atoms with Crippen LogP contribution in [-0.2, 0) is 0 Å². The Bertz CT molecular complexity index is 125. The molecule has 0 aliphatic heterocycles. The van der Waals surface area contributed by atoms with E-state index in [1.54, 1.807) is 0 Å². The molecule has 0 spiro atoms. The first-order chi connectivity index (χ1) is 5.04. The molecule has 0 saturated heterocycles. The molecule has 0 radical (unpaired) electrons. The molecule has 1 atom stereocenters. The number of hydrogen-bond donors (Lipinski definition) is 0. The number of nitrogens with zero attached hydrogens (tertiary/aromatic N) is 1. The highest BCUT2D eigenvalue weighted by atomic mass is 14.7. The standard InChI is InChI=1S/C10H21N/c1-6-9(3)10(4,5)8-11-7-2/h7,9H,6,8H2,1-5H3/b11-7-. The van der Waals surface area contributed by atoms with E-state index in [2.05, 4.69) is 32.7 Å². The van der Waals surface area contributed by atoms with Crippen molar-refractivity contribution in [2.75, 3.05) is 6.54 Å². The molecule has 11 heavy (non-hydrogen) atoms. The minimum absolute atomic E-state index is 0.362. The molecule has 0 aromatic rings. The van der Waals surface area contributed by atoms with Crippen molar-refractivity contribution in [1.29, 1.82) is 0 Å². The molecule has 66 valence electrons. The van der Waals surface area contributed by atoms with Crippen molar-refractivity contribution in [1.82, 2.24) is 0 Å². The first kappa shape index (κ1) is 10.7. The molecule has 1 unspecified atom stereocenters. The maximum Gasteiger partial charge on any atom is 0.0438 e. The van der Waals surface area contributed by atoms with E-state index in [1.165, 1.54) is 6.42 Å². The van der Waals surface area contributed by atoms with Crippen molar-refractivity contribution in [3.63, 3.8) is 0 Å². The Morgan fingerprint density at radius 3 is 2.36 bits per heavy atom. The summed E-state index contributed by atoms with van der Waals surface area (Å²) in [6.07, 6.45) is 3.14. The van der Waals surface area contributed by atoms with Gasteiger partial charge in [0.25, 0.3) is 0 Å². The molecular formula is C10H21N. The highest BCUT2D eigenvalue weighted by molar-refractivity contribution is 5.53. The number of rotatable bonds is 4. The first-order valence-corrected chi connectivity index (χ1v) is 4.49. The summed E-state index contributed by atoms with van der Waals surface area (Å²) in [6.45, 7) is 12.0. The normalized spacial score (nSPS) is 15.7. The van der Waals surface area contributed by atoms with Gasteiger partial charge >= 0.3 is 0 Å². The van der Waals surface area contributed by atoms with Crippen molar-refractivity contribution in [3.05, 3.63) is 0 Å². The van der Waals surface area contributed by atoms with Gasteiger partial charge in [0, 0.05) is 6.54 Å². The van der Waals surface area contributed by atoms with Gasteiger partial charge < -0.3 is 0 Å². The average molecular weight is 155 g/mol. The third-order valence-corrected chi connectivity index (χ3v) is 2.63. The van der Waals surface area contributed by atoms with Crippen LogP contribution in [0.1, 0.15) is 41.0 Å². The third-order valence-electron chi connectivity index (χ3n) is 2.63. The van der Waals surface area contributed by atoms with E-state index in [0.717, 1.165) is 12.5 Å². The molecule has 1 heteroatoms. The molecular weight excluding hydrogens is 134 g/mol. The fraction of sp³-hybridized carbons (Fsp3) is 0.900. The Kier molecular flexibility index (Phi) is 4.39. The SMILES string of the molecule is C/C=N\CC(C)(C)C(C)CC. The maximum absolute atomic E-state index is 4.29. The Balaban J connectivity index is 3.97. The predicted molar refractivity (Wildman–Crippen MR) is 52.3 cm³/mol. The molecule has 0 aliphatic carbocycles. The lowest BCUT2D eigenvalue weighted by Crippen LogP contribution is -2.24. The van der Waals surface area contributed by atoms with Crippen LogP contribution in [0.2, 0.25) is 0 Å². The van der Waals surface area contributed by atoms with E-state index >= 15 is 0 Å². The lowest BCUT2D eigenvalue weighted by atomic mass is 9.79. The van der Waals surface area contributed by atoms with Gasteiger partial charge in [-0.1, -0.05) is 34.1 Å². The Labute approximate surface area is 70.9 Å². The molecule has 0 rings (SSSR count). The summed E-state index contributed by atoms with van der Waals surface area (Å²) in [7, 11) is 0. The van der Waals surface area contributed by atoms with E-state index in [4.69, 9.17) is 0 Å². The van der Waals surface area contributed by atoms with Gasteiger partial charge in [0.1, 0.15) is 0 Å². The van der Waals surface area contributed by atoms with Crippen LogP contribution in [0.5, 0.6) is 0 Å². The van der Waals surface area contributed by atoms with Crippen molar-refractivity contribution < 1.29 is 0 Å². The largest absolute Gasteiger partial charge is 0.297 e. The molecule has 1 nitrogen and oxygen atoms in total. The summed E-state index contributed by atoms with van der Waals surface area (Å²) in [5, 5.41) is 0. The van der Waals surface area contributed by atoms with Crippen LogP contribution < -0.4 is 0 Å². The van der Waals surface area contributed by atoms with E-state index in [-0.39, 0.29) is 0 Å². The summed E-state index contributed by atoms with van der Waals surface area (Å²) in [5.41, 5.74) is 0.362. The van der Waals surface area contributed by atoms with E-state index in [9.17, 15) is 0 Å². The first-order valence-electron chi connectivity index (χ1n) is 4.49. The fourth-order valence-electron chi connectivity index (χ4n) is 1.03. The van der Waals surface area contributed by atoms with Crippen LogP contribution in [0, 0.1) is 11.3 Å². The number of hydrogen-bond acceptors (Lipinski definition) is 1. The topological polar surface area (TPSA) is 12.4 Å². The Morgan fingerprint density at radius 2 is 2.00 bits per heavy atom. The molecule has 0 heterocycles. The van der Waals surface area contributed by atoms with Crippen LogP contribution >= 0.6 is 0 Å².